The van der Waals surface area contributed by atoms with Gasteiger partial charge in [0.25, 0.3) is 0 Å². The lowest BCUT2D eigenvalue weighted by atomic mass is 10.2. The molecule has 1 aromatic heterocycles. The Bertz CT molecular complexity index is 490. The molecule has 4 heteroatoms. The Balaban J connectivity index is 2.77. The number of aromatic nitrogens is 2. The molecule has 0 spiro atoms. The van der Waals surface area contributed by atoms with Gasteiger partial charge in [-0.25, -0.2) is 0 Å². The summed E-state index contributed by atoms with van der Waals surface area (Å²) in [7, 11) is 0. The summed E-state index contributed by atoms with van der Waals surface area (Å²) in [6.45, 7) is 2.83. The fourth-order valence-corrected chi connectivity index (χ4v) is 1.92. The Morgan fingerprint density at radius 2 is 2.36 bits per heavy atom. The average Bonchev–Trinajstić information content (AvgIpc) is 2.59. The van der Waals surface area contributed by atoms with Gasteiger partial charge in [0.1, 0.15) is 5.52 Å². The van der Waals surface area contributed by atoms with Crippen LogP contribution in [0.1, 0.15) is 17.3 Å². The van der Waals surface area contributed by atoms with Crippen LogP contribution in [0.3, 0.4) is 0 Å². The van der Waals surface area contributed by atoms with Crippen molar-refractivity contribution >= 4 is 33.1 Å². The van der Waals surface area contributed by atoms with Gasteiger partial charge in [-0.2, -0.15) is 5.10 Å². The van der Waals surface area contributed by atoms with Crippen LogP contribution in [0.5, 0.6) is 0 Å². The molecule has 2 rings (SSSR count). The first-order valence-corrected chi connectivity index (χ1v) is 5.15. The normalized spacial score (nSPS) is 10.7. The Kier molecular flexibility index (Phi) is 2.37. The standard InChI is InChI=1S/C10H9BrN2O/c1-2-13-5-7-3-9(11)4-8(6-14)10(7)12-13/h3-6H,2H2,1H3. The van der Waals surface area contributed by atoms with E-state index in [1.165, 1.54) is 0 Å². The van der Waals surface area contributed by atoms with Crippen LogP contribution >= 0.6 is 15.9 Å². The van der Waals surface area contributed by atoms with Crippen molar-refractivity contribution in [2.75, 3.05) is 0 Å². The van der Waals surface area contributed by atoms with E-state index in [2.05, 4.69) is 21.0 Å². The zero-order chi connectivity index (χ0) is 10.1. The quantitative estimate of drug-likeness (QED) is 0.771. The second-order valence-electron chi connectivity index (χ2n) is 3.04. The molecular formula is C10H9BrN2O. The summed E-state index contributed by atoms with van der Waals surface area (Å²) in [6.07, 6.45) is 2.77. The van der Waals surface area contributed by atoms with E-state index in [4.69, 9.17) is 0 Å². The molecule has 0 fully saturated rings. The van der Waals surface area contributed by atoms with Gasteiger partial charge in [-0.05, 0) is 19.1 Å². The van der Waals surface area contributed by atoms with Gasteiger partial charge in [0.15, 0.2) is 6.29 Å². The number of aldehydes is 1. The van der Waals surface area contributed by atoms with E-state index in [9.17, 15) is 4.79 Å². The molecule has 0 atom stereocenters. The van der Waals surface area contributed by atoms with Crippen LogP contribution in [-0.4, -0.2) is 16.1 Å². The minimum absolute atomic E-state index is 0.626. The summed E-state index contributed by atoms with van der Waals surface area (Å²) >= 11 is 3.36. The highest BCUT2D eigenvalue weighted by Gasteiger charge is 2.06. The van der Waals surface area contributed by atoms with Crippen molar-refractivity contribution in [1.82, 2.24) is 9.78 Å². The van der Waals surface area contributed by atoms with Crippen molar-refractivity contribution in [2.45, 2.75) is 13.5 Å². The lowest BCUT2D eigenvalue weighted by molar-refractivity contribution is 0.112. The minimum atomic E-state index is 0.626. The van der Waals surface area contributed by atoms with E-state index in [1.807, 2.05) is 23.9 Å². The lowest BCUT2D eigenvalue weighted by Gasteiger charge is -1.93. The number of hydrogen-bond acceptors (Lipinski definition) is 2. The molecule has 3 nitrogen and oxygen atoms in total. The maximum atomic E-state index is 10.8. The first kappa shape index (κ1) is 9.40. The van der Waals surface area contributed by atoms with Crippen molar-refractivity contribution < 1.29 is 4.79 Å². The van der Waals surface area contributed by atoms with Gasteiger partial charge in [-0.15, -0.1) is 0 Å². The van der Waals surface area contributed by atoms with Gasteiger partial charge in [0.2, 0.25) is 0 Å². The molecule has 0 aliphatic carbocycles. The molecule has 1 aromatic carbocycles. The van der Waals surface area contributed by atoms with Crippen LogP contribution in [0, 0.1) is 0 Å². The first-order valence-electron chi connectivity index (χ1n) is 4.36. The highest BCUT2D eigenvalue weighted by Crippen LogP contribution is 2.22. The molecule has 0 aliphatic heterocycles. The van der Waals surface area contributed by atoms with Gasteiger partial charge < -0.3 is 0 Å². The van der Waals surface area contributed by atoms with Gasteiger partial charge in [0.05, 0.1) is 0 Å². The zero-order valence-corrected chi connectivity index (χ0v) is 9.28. The third-order valence-electron chi connectivity index (χ3n) is 2.10. The number of rotatable bonds is 2. The maximum Gasteiger partial charge on any atom is 0.152 e. The Hall–Kier alpha value is -1.16. The molecule has 0 saturated heterocycles. The average molecular weight is 253 g/mol. The number of halogens is 1. The number of carbonyl (C=O) groups is 1. The van der Waals surface area contributed by atoms with Crippen LogP contribution in [0.25, 0.3) is 10.9 Å². The van der Waals surface area contributed by atoms with Gasteiger partial charge in [-0.3, -0.25) is 9.48 Å². The smallest absolute Gasteiger partial charge is 0.152 e. The molecule has 72 valence electrons. The number of carbonyl (C=O) groups excluding carboxylic acids is 1. The number of benzene rings is 1. The van der Waals surface area contributed by atoms with Crippen molar-refractivity contribution in [2.24, 2.45) is 0 Å². The number of aryl methyl sites for hydroxylation is 1. The molecular weight excluding hydrogens is 244 g/mol. The summed E-state index contributed by atoms with van der Waals surface area (Å²) in [5.74, 6) is 0. The summed E-state index contributed by atoms with van der Waals surface area (Å²) in [5, 5.41) is 5.30. The van der Waals surface area contributed by atoms with E-state index < -0.39 is 0 Å². The van der Waals surface area contributed by atoms with Crippen molar-refractivity contribution in [3.63, 3.8) is 0 Å². The molecule has 0 amide bonds. The zero-order valence-electron chi connectivity index (χ0n) is 7.70. The molecule has 0 radical (unpaired) electrons. The van der Waals surface area contributed by atoms with Crippen molar-refractivity contribution in [1.29, 1.82) is 0 Å². The fraction of sp³-hybridized carbons (Fsp3) is 0.200. The summed E-state index contributed by atoms with van der Waals surface area (Å²) in [4.78, 5) is 10.8. The number of fused-ring (bicyclic) bond motifs is 1. The Labute approximate surface area is 89.8 Å². The van der Waals surface area contributed by atoms with Crippen LogP contribution in [0.2, 0.25) is 0 Å². The molecule has 0 saturated carbocycles. The van der Waals surface area contributed by atoms with E-state index in [-0.39, 0.29) is 0 Å². The van der Waals surface area contributed by atoms with Crippen molar-refractivity contribution in [3.05, 3.63) is 28.4 Å². The largest absolute Gasteiger partial charge is 0.298 e. The van der Waals surface area contributed by atoms with Crippen molar-refractivity contribution in [3.8, 4) is 0 Å². The molecule has 0 unspecified atom stereocenters. The monoisotopic (exact) mass is 252 g/mol. The molecule has 1 heterocycles. The summed E-state index contributed by atoms with van der Waals surface area (Å²) in [6, 6.07) is 3.74. The van der Waals surface area contributed by atoms with E-state index in [1.54, 1.807) is 6.07 Å². The molecule has 2 aromatic rings. The van der Waals surface area contributed by atoms with E-state index in [0.717, 1.165) is 28.2 Å². The second kappa shape index (κ2) is 3.53. The van der Waals surface area contributed by atoms with Gasteiger partial charge >= 0.3 is 0 Å². The predicted molar refractivity (Wildman–Crippen MR) is 58.5 cm³/mol. The van der Waals surface area contributed by atoms with Gasteiger partial charge in [-0.1, -0.05) is 15.9 Å². The first-order chi connectivity index (χ1) is 6.74. The fourth-order valence-electron chi connectivity index (χ4n) is 1.43. The SMILES string of the molecule is CCn1cc2cc(Br)cc(C=O)c2n1. The highest BCUT2D eigenvalue weighted by atomic mass is 79.9. The van der Waals surface area contributed by atoms with Crippen LogP contribution < -0.4 is 0 Å². The molecule has 0 bridgehead atoms. The molecule has 0 aliphatic rings. The highest BCUT2D eigenvalue weighted by molar-refractivity contribution is 9.10. The van der Waals surface area contributed by atoms with E-state index in [0.29, 0.717) is 5.56 Å². The topological polar surface area (TPSA) is 34.9 Å². The van der Waals surface area contributed by atoms with Crippen LogP contribution in [0.15, 0.2) is 22.8 Å². The summed E-state index contributed by atoms with van der Waals surface area (Å²) < 4.78 is 2.73. The van der Waals surface area contributed by atoms with E-state index >= 15 is 0 Å². The Morgan fingerprint density at radius 3 is 3.00 bits per heavy atom. The molecule has 0 N–H and O–H groups in total. The lowest BCUT2D eigenvalue weighted by Crippen LogP contribution is -1.93. The second-order valence-corrected chi connectivity index (χ2v) is 3.95. The predicted octanol–water partition coefficient (Wildman–Crippen LogP) is 2.63. The van der Waals surface area contributed by atoms with Crippen LogP contribution in [0.4, 0.5) is 0 Å². The van der Waals surface area contributed by atoms with Gasteiger partial charge in [0, 0.05) is 28.2 Å². The Morgan fingerprint density at radius 1 is 1.57 bits per heavy atom. The van der Waals surface area contributed by atoms with Crippen LogP contribution in [-0.2, 0) is 6.54 Å². The maximum absolute atomic E-state index is 10.8. The number of hydrogen-bond donors (Lipinski definition) is 0. The minimum Gasteiger partial charge on any atom is -0.298 e. The molecule has 14 heavy (non-hydrogen) atoms. The summed E-state index contributed by atoms with van der Waals surface area (Å²) in [5.41, 5.74) is 1.40. The third kappa shape index (κ3) is 1.46. The number of nitrogens with zero attached hydrogens (tertiary/aromatic N) is 2. The third-order valence-corrected chi connectivity index (χ3v) is 2.56.